The van der Waals surface area contributed by atoms with Crippen molar-refractivity contribution < 1.29 is 4.39 Å². The molecule has 0 saturated heterocycles. The maximum absolute atomic E-state index is 13.2. The molecule has 0 bridgehead atoms. The Hall–Kier alpha value is -0.150. The van der Waals surface area contributed by atoms with Gasteiger partial charge in [0.1, 0.15) is 5.67 Å². The number of alkyl halides is 1. The van der Waals surface area contributed by atoms with Gasteiger partial charge in [0.05, 0.1) is 0 Å². The normalized spacial score (nSPS) is 20.7. The first-order chi connectivity index (χ1) is 15.6. The van der Waals surface area contributed by atoms with Gasteiger partial charge in [-0.15, -0.1) is 0 Å². The number of unbranched alkanes of at least 4 members (excludes halogenated alkanes) is 1. The maximum atomic E-state index is 13.2. The lowest BCUT2D eigenvalue weighted by Crippen LogP contribution is -2.38. The van der Waals surface area contributed by atoms with E-state index in [1.54, 1.807) is 6.92 Å². The summed E-state index contributed by atoms with van der Waals surface area (Å²) in [4.78, 5) is 4.90. The Bertz CT molecular complexity index is 341. The number of hydrogen-bond donors (Lipinski definition) is 0. The highest BCUT2D eigenvalue weighted by Gasteiger charge is 2.39. The molecule has 2 aliphatic carbocycles. The third-order valence-electron chi connectivity index (χ3n) is 6.07. The van der Waals surface area contributed by atoms with Crippen LogP contribution in [-0.2, 0) is 0 Å². The summed E-state index contributed by atoms with van der Waals surface area (Å²) in [5.41, 5.74) is -0.841. The van der Waals surface area contributed by atoms with E-state index in [4.69, 9.17) is 0 Å². The van der Waals surface area contributed by atoms with Crippen LogP contribution >= 0.6 is 0 Å². The molecule has 204 valence electrons. The highest BCUT2D eigenvalue weighted by atomic mass is 19.1. The SMILES string of the molecule is CC1CC1.CCC.CCCC.CCCN(CC)CC.CCCN(CC)CCC1CC(C)(F)C1. The summed E-state index contributed by atoms with van der Waals surface area (Å²) in [6.45, 7) is 30.8. The fourth-order valence-electron chi connectivity index (χ4n) is 3.48. The van der Waals surface area contributed by atoms with E-state index >= 15 is 0 Å². The average molecular weight is 475 g/mol. The average Bonchev–Trinajstić information content (AvgIpc) is 3.57. The maximum Gasteiger partial charge on any atom is 0.108 e. The molecule has 0 spiro atoms. The number of hydrogen-bond acceptors (Lipinski definition) is 2. The molecule has 3 heteroatoms. The molecule has 0 heterocycles. The van der Waals surface area contributed by atoms with Crippen molar-refractivity contribution in [2.24, 2.45) is 11.8 Å². The van der Waals surface area contributed by atoms with Crippen LogP contribution in [0.1, 0.15) is 140 Å². The standard InChI is InChI=1S/C12H24FN.C7H17N.C4H8.C4H10.C3H8/c1-4-7-14(5-2)8-6-11-9-12(3,13)10-11;1-4-7-8(5-2)6-3;1-4-2-3-4;1-3-4-2;1-3-2/h11H,4-10H2,1-3H3;4-7H2,1-3H3;4H,2-3H2,1H3;3-4H2,1-2H3;3H2,1-2H3. The molecule has 0 amide bonds. The van der Waals surface area contributed by atoms with Crippen LogP contribution in [0.3, 0.4) is 0 Å². The fraction of sp³-hybridized carbons (Fsp3) is 1.00. The summed E-state index contributed by atoms with van der Waals surface area (Å²) in [7, 11) is 0. The molecular formula is C30H67FN2. The zero-order valence-corrected chi connectivity index (χ0v) is 25.2. The Labute approximate surface area is 211 Å². The Morgan fingerprint density at radius 1 is 0.667 bits per heavy atom. The van der Waals surface area contributed by atoms with E-state index < -0.39 is 5.67 Å². The van der Waals surface area contributed by atoms with Crippen molar-refractivity contribution in [2.45, 2.75) is 146 Å². The lowest BCUT2D eigenvalue weighted by atomic mass is 9.72. The van der Waals surface area contributed by atoms with E-state index in [2.05, 4.69) is 79.0 Å². The lowest BCUT2D eigenvalue weighted by molar-refractivity contribution is 0.0168. The molecule has 2 saturated carbocycles. The Morgan fingerprint density at radius 3 is 1.24 bits per heavy atom. The molecule has 2 aliphatic rings. The van der Waals surface area contributed by atoms with Gasteiger partial charge in [-0.3, -0.25) is 0 Å². The van der Waals surface area contributed by atoms with Gasteiger partial charge < -0.3 is 9.80 Å². The summed E-state index contributed by atoms with van der Waals surface area (Å²) in [6.07, 6.45) is 12.1. The van der Waals surface area contributed by atoms with Gasteiger partial charge in [0.25, 0.3) is 0 Å². The van der Waals surface area contributed by atoms with Gasteiger partial charge in [-0.1, -0.05) is 101 Å². The molecule has 0 unspecified atom stereocenters. The Morgan fingerprint density at radius 2 is 1.03 bits per heavy atom. The van der Waals surface area contributed by atoms with Crippen molar-refractivity contribution in [2.75, 3.05) is 39.3 Å². The molecule has 33 heavy (non-hydrogen) atoms. The summed E-state index contributed by atoms with van der Waals surface area (Å²) in [5, 5.41) is 0. The van der Waals surface area contributed by atoms with E-state index in [1.165, 1.54) is 77.5 Å². The van der Waals surface area contributed by atoms with Crippen molar-refractivity contribution in [3.63, 3.8) is 0 Å². The Balaban J connectivity index is -0.000000397. The van der Waals surface area contributed by atoms with Gasteiger partial charge in [0.2, 0.25) is 0 Å². The summed E-state index contributed by atoms with van der Waals surface area (Å²) < 4.78 is 13.2. The second kappa shape index (κ2) is 26.5. The minimum atomic E-state index is -0.841. The van der Waals surface area contributed by atoms with Crippen LogP contribution < -0.4 is 0 Å². The van der Waals surface area contributed by atoms with Gasteiger partial charge in [-0.25, -0.2) is 4.39 Å². The van der Waals surface area contributed by atoms with Crippen LogP contribution in [0, 0.1) is 11.8 Å². The summed E-state index contributed by atoms with van der Waals surface area (Å²) in [6, 6.07) is 0. The number of rotatable bonds is 11. The van der Waals surface area contributed by atoms with Crippen LogP contribution in [-0.4, -0.2) is 54.7 Å². The van der Waals surface area contributed by atoms with Gasteiger partial charge in [0.15, 0.2) is 0 Å². The molecule has 2 rings (SSSR count). The first kappa shape index (κ1) is 37.4. The van der Waals surface area contributed by atoms with Gasteiger partial charge in [-0.2, -0.15) is 0 Å². The first-order valence-corrected chi connectivity index (χ1v) is 14.8. The van der Waals surface area contributed by atoms with Crippen LogP contribution in [0.2, 0.25) is 0 Å². The van der Waals surface area contributed by atoms with Crippen LogP contribution in [0.25, 0.3) is 0 Å². The van der Waals surface area contributed by atoms with E-state index in [-0.39, 0.29) is 0 Å². The third-order valence-corrected chi connectivity index (χ3v) is 6.07. The highest BCUT2D eigenvalue weighted by molar-refractivity contribution is 4.90. The number of halogens is 1. The Kier molecular flexibility index (Phi) is 30.0. The molecule has 0 aromatic rings. The van der Waals surface area contributed by atoms with E-state index in [9.17, 15) is 4.39 Å². The van der Waals surface area contributed by atoms with Crippen LogP contribution in [0.5, 0.6) is 0 Å². The van der Waals surface area contributed by atoms with E-state index in [1.807, 2.05) is 0 Å². The number of nitrogens with zero attached hydrogens (tertiary/aromatic N) is 2. The first-order valence-electron chi connectivity index (χ1n) is 14.8. The molecule has 2 fully saturated rings. The zero-order chi connectivity index (χ0) is 26.1. The van der Waals surface area contributed by atoms with Crippen molar-refractivity contribution in [1.29, 1.82) is 0 Å². The van der Waals surface area contributed by atoms with Crippen molar-refractivity contribution >= 4 is 0 Å². The summed E-state index contributed by atoms with van der Waals surface area (Å²) >= 11 is 0. The van der Waals surface area contributed by atoms with Crippen molar-refractivity contribution in [3.05, 3.63) is 0 Å². The molecule has 0 atom stereocenters. The minimum absolute atomic E-state index is 0.649. The highest BCUT2D eigenvalue weighted by Crippen LogP contribution is 2.42. The predicted octanol–water partition coefficient (Wildman–Crippen LogP) is 9.62. The van der Waals surface area contributed by atoms with Gasteiger partial charge in [-0.05, 0) is 90.1 Å². The van der Waals surface area contributed by atoms with Crippen molar-refractivity contribution in [1.82, 2.24) is 9.80 Å². The topological polar surface area (TPSA) is 6.48 Å². The second-order valence-electron chi connectivity index (χ2n) is 10.3. The lowest BCUT2D eigenvalue weighted by Gasteiger charge is -2.39. The largest absolute Gasteiger partial charge is 0.304 e. The quantitative estimate of drug-likeness (QED) is 0.294. The molecule has 2 nitrogen and oxygen atoms in total. The smallest absolute Gasteiger partial charge is 0.108 e. The summed E-state index contributed by atoms with van der Waals surface area (Å²) in [5.74, 6) is 1.73. The van der Waals surface area contributed by atoms with Crippen LogP contribution in [0.15, 0.2) is 0 Å². The zero-order valence-electron chi connectivity index (χ0n) is 25.2. The molecule has 0 N–H and O–H groups in total. The second-order valence-corrected chi connectivity index (χ2v) is 10.3. The van der Waals surface area contributed by atoms with E-state index in [0.717, 1.165) is 31.8 Å². The van der Waals surface area contributed by atoms with E-state index in [0.29, 0.717) is 5.92 Å². The van der Waals surface area contributed by atoms with Gasteiger partial charge in [0, 0.05) is 0 Å². The van der Waals surface area contributed by atoms with Crippen molar-refractivity contribution in [3.8, 4) is 0 Å². The van der Waals surface area contributed by atoms with Gasteiger partial charge >= 0.3 is 0 Å². The fourth-order valence-corrected chi connectivity index (χ4v) is 3.48. The minimum Gasteiger partial charge on any atom is -0.304 e. The third kappa shape index (κ3) is 29.8. The molecule has 0 aromatic carbocycles. The predicted molar refractivity (Wildman–Crippen MR) is 152 cm³/mol. The molecule has 0 aromatic heterocycles. The molecule has 0 radical (unpaired) electrons. The molecular weight excluding hydrogens is 407 g/mol. The van der Waals surface area contributed by atoms with Crippen LogP contribution in [0.4, 0.5) is 4.39 Å². The monoisotopic (exact) mass is 475 g/mol. The molecule has 0 aliphatic heterocycles.